The lowest BCUT2D eigenvalue weighted by molar-refractivity contribution is 0.0631. The van der Waals surface area contributed by atoms with Crippen LogP contribution in [0.4, 0.5) is 0 Å². The number of hydrogen-bond acceptors (Lipinski definition) is 5. The Kier molecular flexibility index (Phi) is 5.55. The number of benzene rings is 1. The fourth-order valence-electron chi connectivity index (χ4n) is 3.00. The highest BCUT2D eigenvalue weighted by Crippen LogP contribution is 2.28. The van der Waals surface area contributed by atoms with E-state index in [-0.39, 0.29) is 5.91 Å². The number of carbonyl (C=O) groups is 1. The van der Waals surface area contributed by atoms with E-state index < -0.39 is 0 Å². The summed E-state index contributed by atoms with van der Waals surface area (Å²) in [7, 11) is 3.16. The van der Waals surface area contributed by atoms with Crippen molar-refractivity contribution >= 4 is 5.91 Å². The Morgan fingerprint density at radius 2 is 1.84 bits per heavy atom. The molecule has 1 aromatic carbocycles. The molecule has 0 aliphatic carbocycles. The lowest BCUT2D eigenvalue weighted by Gasteiger charge is -2.34. The fraction of sp³-hybridized carbons (Fsp3) is 0.444. The molecule has 7 nitrogen and oxygen atoms in total. The summed E-state index contributed by atoms with van der Waals surface area (Å²) in [5.74, 6) is 1.24. The van der Waals surface area contributed by atoms with Gasteiger partial charge in [0, 0.05) is 50.7 Å². The van der Waals surface area contributed by atoms with E-state index >= 15 is 0 Å². The molecule has 0 radical (unpaired) electrons. The van der Waals surface area contributed by atoms with Gasteiger partial charge in [0.05, 0.1) is 20.8 Å². The Hall–Kier alpha value is -2.54. The summed E-state index contributed by atoms with van der Waals surface area (Å²) in [5, 5.41) is 4.22. The van der Waals surface area contributed by atoms with Gasteiger partial charge >= 0.3 is 0 Å². The van der Waals surface area contributed by atoms with Gasteiger partial charge in [0.15, 0.2) is 11.5 Å². The maximum Gasteiger partial charge on any atom is 0.254 e. The predicted molar refractivity (Wildman–Crippen MR) is 94.1 cm³/mol. The van der Waals surface area contributed by atoms with Crippen LogP contribution in [0.5, 0.6) is 11.5 Å². The van der Waals surface area contributed by atoms with Gasteiger partial charge in [-0.3, -0.25) is 14.4 Å². The Morgan fingerprint density at radius 3 is 2.48 bits per heavy atom. The second kappa shape index (κ2) is 8.02. The summed E-state index contributed by atoms with van der Waals surface area (Å²) in [6, 6.07) is 7.23. The SMILES string of the molecule is COc1ccc(C(=O)N2CCN(CCn3cccn3)CC2)cc1OC. The minimum absolute atomic E-state index is 0.0349. The molecule has 25 heavy (non-hydrogen) atoms. The molecule has 1 aliphatic heterocycles. The highest BCUT2D eigenvalue weighted by molar-refractivity contribution is 5.95. The number of amides is 1. The summed E-state index contributed by atoms with van der Waals surface area (Å²) < 4.78 is 12.4. The third-order valence-electron chi connectivity index (χ3n) is 4.49. The first-order chi connectivity index (χ1) is 12.2. The number of hydrogen-bond donors (Lipinski definition) is 0. The molecular formula is C18H24N4O3. The van der Waals surface area contributed by atoms with Crippen LogP contribution >= 0.6 is 0 Å². The Labute approximate surface area is 147 Å². The zero-order valence-corrected chi connectivity index (χ0v) is 14.7. The van der Waals surface area contributed by atoms with Crippen molar-refractivity contribution < 1.29 is 14.3 Å². The van der Waals surface area contributed by atoms with Crippen LogP contribution in [-0.2, 0) is 6.54 Å². The van der Waals surface area contributed by atoms with Gasteiger partial charge in [-0.25, -0.2) is 0 Å². The summed E-state index contributed by atoms with van der Waals surface area (Å²) in [6.07, 6.45) is 3.76. The fourth-order valence-corrected chi connectivity index (χ4v) is 3.00. The highest BCUT2D eigenvalue weighted by Gasteiger charge is 2.22. The first-order valence-corrected chi connectivity index (χ1v) is 8.42. The molecule has 2 heterocycles. The molecule has 7 heteroatoms. The second-order valence-corrected chi connectivity index (χ2v) is 5.97. The summed E-state index contributed by atoms with van der Waals surface area (Å²) in [5.41, 5.74) is 0.627. The monoisotopic (exact) mass is 344 g/mol. The van der Waals surface area contributed by atoms with Crippen LogP contribution in [0.3, 0.4) is 0 Å². The van der Waals surface area contributed by atoms with Gasteiger partial charge in [-0.1, -0.05) is 0 Å². The van der Waals surface area contributed by atoms with Gasteiger partial charge in [-0.05, 0) is 24.3 Å². The van der Waals surface area contributed by atoms with Crippen molar-refractivity contribution in [2.24, 2.45) is 0 Å². The lowest BCUT2D eigenvalue weighted by Crippen LogP contribution is -2.49. The van der Waals surface area contributed by atoms with Crippen LogP contribution in [0.15, 0.2) is 36.7 Å². The molecule has 0 N–H and O–H groups in total. The molecular weight excluding hydrogens is 320 g/mol. The number of carbonyl (C=O) groups excluding carboxylic acids is 1. The van der Waals surface area contributed by atoms with Crippen molar-refractivity contribution in [3.05, 3.63) is 42.2 Å². The standard InChI is InChI=1S/C18H24N4O3/c1-24-16-5-4-15(14-17(16)25-2)18(23)21-11-8-20(9-12-21)10-13-22-7-3-6-19-22/h3-7,14H,8-13H2,1-2H3. The van der Waals surface area contributed by atoms with E-state index in [0.29, 0.717) is 17.1 Å². The van der Waals surface area contributed by atoms with Crippen LogP contribution in [0, 0.1) is 0 Å². The zero-order valence-electron chi connectivity index (χ0n) is 14.7. The van der Waals surface area contributed by atoms with E-state index in [2.05, 4.69) is 10.00 Å². The van der Waals surface area contributed by atoms with Crippen LogP contribution in [0.25, 0.3) is 0 Å². The molecule has 1 aliphatic rings. The summed E-state index contributed by atoms with van der Waals surface area (Å²) in [4.78, 5) is 17.0. The lowest BCUT2D eigenvalue weighted by atomic mass is 10.1. The molecule has 0 bridgehead atoms. The van der Waals surface area contributed by atoms with Crippen LogP contribution in [-0.4, -0.2) is 72.4 Å². The number of methoxy groups -OCH3 is 2. The van der Waals surface area contributed by atoms with Crippen molar-refractivity contribution in [2.75, 3.05) is 46.9 Å². The molecule has 1 amide bonds. The topological polar surface area (TPSA) is 59.8 Å². The van der Waals surface area contributed by atoms with Crippen LogP contribution < -0.4 is 9.47 Å². The molecule has 0 atom stereocenters. The van der Waals surface area contributed by atoms with Gasteiger partial charge in [0.1, 0.15) is 0 Å². The van der Waals surface area contributed by atoms with Crippen LogP contribution in [0.1, 0.15) is 10.4 Å². The minimum Gasteiger partial charge on any atom is -0.493 e. The molecule has 1 aromatic heterocycles. The molecule has 1 fully saturated rings. The average Bonchev–Trinajstić information content (AvgIpc) is 3.19. The first-order valence-electron chi connectivity index (χ1n) is 8.42. The quantitative estimate of drug-likeness (QED) is 0.792. The molecule has 0 unspecified atom stereocenters. The maximum absolute atomic E-state index is 12.7. The Morgan fingerprint density at radius 1 is 1.08 bits per heavy atom. The largest absolute Gasteiger partial charge is 0.493 e. The van der Waals surface area contributed by atoms with Crippen molar-refractivity contribution in [1.82, 2.24) is 19.6 Å². The number of nitrogens with zero attached hydrogens (tertiary/aromatic N) is 4. The highest BCUT2D eigenvalue weighted by atomic mass is 16.5. The van der Waals surface area contributed by atoms with Crippen molar-refractivity contribution in [2.45, 2.75) is 6.54 Å². The van der Waals surface area contributed by atoms with Gasteiger partial charge in [-0.2, -0.15) is 5.10 Å². The first kappa shape index (κ1) is 17.3. The number of piperazine rings is 1. The van der Waals surface area contributed by atoms with E-state index in [4.69, 9.17) is 9.47 Å². The second-order valence-electron chi connectivity index (χ2n) is 5.97. The van der Waals surface area contributed by atoms with Crippen molar-refractivity contribution in [3.63, 3.8) is 0 Å². The van der Waals surface area contributed by atoms with Gasteiger partial charge in [-0.15, -0.1) is 0 Å². The maximum atomic E-state index is 12.7. The zero-order chi connectivity index (χ0) is 17.6. The van der Waals surface area contributed by atoms with Crippen LogP contribution in [0.2, 0.25) is 0 Å². The molecule has 134 valence electrons. The third-order valence-corrected chi connectivity index (χ3v) is 4.49. The van der Waals surface area contributed by atoms with Gasteiger partial charge < -0.3 is 14.4 Å². The van der Waals surface area contributed by atoms with E-state index in [1.54, 1.807) is 38.6 Å². The van der Waals surface area contributed by atoms with Gasteiger partial charge in [0.25, 0.3) is 5.91 Å². The molecule has 0 spiro atoms. The molecule has 2 aromatic rings. The minimum atomic E-state index is 0.0349. The Balaban J connectivity index is 1.54. The average molecular weight is 344 g/mol. The molecule has 1 saturated heterocycles. The van der Waals surface area contributed by atoms with Crippen molar-refractivity contribution in [3.8, 4) is 11.5 Å². The van der Waals surface area contributed by atoms with E-state index in [1.165, 1.54) is 0 Å². The van der Waals surface area contributed by atoms with E-state index in [9.17, 15) is 4.79 Å². The smallest absolute Gasteiger partial charge is 0.254 e. The number of rotatable bonds is 6. The normalized spacial score (nSPS) is 15.2. The summed E-state index contributed by atoms with van der Waals surface area (Å²) >= 11 is 0. The molecule has 0 saturated carbocycles. The van der Waals surface area contributed by atoms with E-state index in [0.717, 1.165) is 39.3 Å². The predicted octanol–water partition coefficient (Wildman–Crippen LogP) is 1.36. The van der Waals surface area contributed by atoms with Gasteiger partial charge in [0.2, 0.25) is 0 Å². The number of ether oxygens (including phenoxy) is 2. The third kappa shape index (κ3) is 4.11. The molecule has 3 rings (SSSR count). The van der Waals surface area contributed by atoms with E-state index in [1.807, 2.05) is 21.8 Å². The Bertz CT molecular complexity index is 694. The van der Waals surface area contributed by atoms with Crippen molar-refractivity contribution in [1.29, 1.82) is 0 Å². The summed E-state index contributed by atoms with van der Waals surface area (Å²) in [6.45, 7) is 5.02. The number of aromatic nitrogens is 2.